The van der Waals surface area contributed by atoms with Crippen molar-refractivity contribution in [3.8, 4) is 0 Å². The van der Waals surface area contributed by atoms with E-state index in [9.17, 15) is 9.59 Å². The molecule has 5 nitrogen and oxygen atoms in total. The number of halogens is 1. The van der Waals surface area contributed by atoms with Gasteiger partial charge in [0.1, 0.15) is 0 Å². The van der Waals surface area contributed by atoms with E-state index in [4.69, 9.17) is 5.11 Å². The summed E-state index contributed by atoms with van der Waals surface area (Å²) in [6.45, 7) is 1.97. The minimum Gasteiger partial charge on any atom is -0.481 e. The second-order valence-corrected chi connectivity index (χ2v) is 6.23. The first-order valence-corrected chi connectivity index (χ1v) is 7.94. The summed E-state index contributed by atoms with van der Waals surface area (Å²) in [6.07, 6.45) is 1.64. The molecular formula is C14H13BrN2O3S. The van der Waals surface area contributed by atoms with Gasteiger partial charge in [0.05, 0.1) is 11.8 Å². The number of carboxylic acid groups (broad SMARTS) is 1. The van der Waals surface area contributed by atoms with Crippen LogP contribution in [0, 0.1) is 0 Å². The summed E-state index contributed by atoms with van der Waals surface area (Å²) in [5.41, 5.74) is 0.660. The molecule has 0 fully saturated rings. The minimum atomic E-state index is -0.945. The molecule has 0 aliphatic heterocycles. The summed E-state index contributed by atoms with van der Waals surface area (Å²) >= 11 is 4.46. The normalized spacial score (nSPS) is 12.1. The smallest absolute Gasteiger partial charge is 0.313 e. The fourth-order valence-electron chi connectivity index (χ4n) is 1.85. The van der Waals surface area contributed by atoms with Gasteiger partial charge in [-0.3, -0.25) is 9.59 Å². The lowest BCUT2D eigenvalue weighted by atomic mass is 10.1. The molecule has 0 saturated carbocycles. The highest BCUT2D eigenvalue weighted by atomic mass is 79.9. The molecule has 0 aliphatic carbocycles. The summed E-state index contributed by atoms with van der Waals surface area (Å²) in [5, 5.41) is 9.19. The SMILES string of the molecule is CC(c1cccc(Br)c1)n1ccc(=O)nc1SCC(=O)O. The first-order chi connectivity index (χ1) is 9.97. The summed E-state index contributed by atoms with van der Waals surface area (Å²) in [5.74, 6) is -1.08. The topological polar surface area (TPSA) is 72.2 Å². The Morgan fingerprint density at radius 1 is 1.48 bits per heavy atom. The number of hydrogen-bond acceptors (Lipinski definition) is 4. The molecule has 21 heavy (non-hydrogen) atoms. The van der Waals surface area contributed by atoms with E-state index in [0.29, 0.717) is 5.16 Å². The number of nitrogens with zero attached hydrogens (tertiary/aromatic N) is 2. The second kappa shape index (κ2) is 6.91. The van der Waals surface area contributed by atoms with Gasteiger partial charge in [0.15, 0.2) is 5.16 Å². The van der Waals surface area contributed by atoms with Crippen LogP contribution in [0.3, 0.4) is 0 Å². The molecule has 1 aromatic heterocycles. The van der Waals surface area contributed by atoms with Crippen molar-refractivity contribution in [3.05, 3.63) is 56.9 Å². The summed E-state index contributed by atoms with van der Waals surface area (Å²) in [6, 6.07) is 9.12. The van der Waals surface area contributed by atoms with Crippen LogP contribution >= 0.6 is 27.7 Å². The molecule has 2 rings (SSSR count). The Hall–Kier alpha value is -1.60. The van der Waals surface area contributed by atoms with Crippen molar-refractivity contribution >= 4 is 33.7 Å². The molecule has 0 aliphatic rings. The van der Waals surface area contributed by atoms with Gasteiger partial charge in [0, 0.05) is 16.7 Å². The van der Waals surface area contributed by atoms with Crippen molar-refractivity contribution in [2.24, 2.45) is 0 Å². The highest BCUT2D eigenvalue weighted by Crippen LogP contribution is 2.25. The molecule has 110 valence electrons. The van der Waals surface area contributed by atoms with Crippen molar-refractivity contribution in [2.75, 3.05) is 5.75 Å². The summed E-state index contributed by atoms with van der Waals surface area (Å²) in [4.78, 5) is 26.0. The molecule has 7 heteroatoms. The number of aliphatic carboxylic acids is 1. The van der Waals surface area contributed by atoms with Gasteiger partial charge < -0.3 is 9.67 Å². The third-order valence-corrected chi connectivity index (χ3v) is 4.32. The highest BCUT2D eigenvalue weighted by molar-refractivity contribution is 9.10. The van der Waals surface area contributed by atoms with Gasteiger partial charge in [-0.05, 0) is 24.6 Å². The number of rotatable bonds is 5. The van der Waals surface area contributed by atoms with E-state index in [2.05, 4.69) is 20.9 Å². The Bertz CT molecular complexity index is 717. The molecule has 1 aromatic carbocycles. The lowest BCUT2D eigenvalue weighted by molar-refractivity contribution is -0.133. The molecule has 0 bridgehead atoms. The van der Waals surface area contributed by atoms with E-state index in [0.717, 1.165) is 21.8 Å². The first kappa shape index (κ1) is 15.8. The van der Waals surface area contributed by atoms with Crippen molar-refractivity contribution in [1.29, 1.82) is 0 Å². The zero-order valence-corrected chi connectivity index (χ0v) is 13.6. The van der Waals surface area contributed by atoms with Crippen LogP contribution in [0.2, 0.25) is 0 Å². The van der Waals surface area contributed by atoms with Crippen LogP contribution in [0.4, 0.5) is 0 Å². The van der Waals surface area contributed by atoms with Crippen LogP contribution in [0.15, 0.2) is 51.0 Å². The number of benzene rings is 1. The Labute approximate surface area is 134 Å². The molecule has 0 radical (unpaired) electrons. The average molecular weight is 369 g/mol. The Morgan fingerprint density at radius 2 is 2.24 bits per heavy atom. The standard InChI is InChI=1S/C14H13BrN2O3S/c1-9(10-3-2-4-11(15)7-10)17-6-5-12(18)16-14(17)21-8-13(19)20/h2-7,9H,8H2,1H3,(H,19,20). The van der Waals surface area contributed by atoms with Gasteiger partial charge in [-0.1, -0.05) is 39.8 Å². The first-order valence-electron chi connectivity index (χ1n) is 6.16. The van der Waals surface area contributed by atoms with Gasteiger partial charge in [0.2, 0.25) is 0 Å². The van der Waals surface area contributed by atoms with Crippen LogP contribution in [-0.2, 0) is 4.79 Å². The van der Waals surface area contributed by atoms with Crippen LogP contribution in [-0.4, -0.2) is 26.4 Å². The zero-order chi connectivity index (χ0) is 15.4. The van der Waals surface area contributed by atoms with Crippen molar-refractivity contribution < 1.29 is 9.90 Å². The van der Waals surface area contributed by atoms with E-state index in [1.807, 2.05) is 31.2 Å². The molecule has 0 saturated heterocycles. The van der Waals surface area contributed by atoms with E-state index in [1.165, 1.54) is 6.07 Å². The van der Waals surface area contributed by atoms with Gasteiger partial charge >= 0.3 is 5.97 Å². The lowest BCUT2D eigenvalue weighted by Crippen LogP contribution is -2.17. The van der Waals surface area contributed by atoms with Gasteiger partial charge in [-0.25, -0.2) is 0 Å². The molecule has 2 aromatic rings. The molecule has 0 spiro atoms. The molecule has 1 atom stereocenters. The number of thioether (sulfide) groups is 1. The Morgan fingerprint density at radius 3 is 2.90 bits per heavy atom. The number of aromatic nitrogens is 2. The quantitative estimate of drug-likeness (QED) is 0.648. The maximum atomic E-state index is 11.4. The molecule has 0 amide bonds. The number of hydrogen-bond donors (Lipinski definition) is 1. The lowest BCUT2D eigenvalue weighted by Gasteiger charge is -2.19. The van der Waals surface area contributed by atoms with Crippen molar-refractivity contribution in [2.45, 2.75) is 18.1 Å². The van der Waals surface area contributed by atoms with Gasteiger partial charge in [-0.15, -0.1) is 0 Å². The van der Waals surface area contributed by atoms with Crippen LogP contribution in [0.25, 0.3) is 0 Å². The second-order valence-electron chi connectivity index (χ2n) is 4.37. The largest absolute Gasteiger partial charge is 0.481 e. The van der Waals surface area contributed by atoms with E-state index >= 15 is 0 Å². The van der Waals surface area contributed by atoms with Crippen molar-refractivity contribution in [1.82, 2.24) is 9.55 Å². The Balaban J connectivity index is 2.37. The predicted molar refractivity (Wildman–Crippen MR) is 84.8 cm³/mol. The number of carbonyl (C=O) groups is 1. The maximum absolute atomic E-state index is 11.4. The average Bonchev–Trinajstić information content (AvgIpc) is 2.44. The third kappa shape index (κ3) is 4.18. The molecule has 1 unspecified atom stereocenters. The van der Waals surface area contributed by atoms with Crippen LogP contribution in [0.5, 0.6) is 0 Å². The third-order valence-electron chi connectivity index (χ3n) is 2.88. The minimum absolute atomic E-state index is 0.0631. The van der Waals surface area contributed by atoms with Crippen LogP contribution in [0.1, 0.15) is 18.5 Å². The van der Waals surface area contributed by atoms with Gasteiger partial charge in [-0.2, -0.15) is 4.98 Å². The molecular weight excluding hydrogens is 356 g/mol. The summed E-state index contributed by atoms with van der Waals surface area (Å²) < 4.78 is 2.76. The fourth-order valence-corrected chi connectivity index (χ4v) is 3.04. The zero-order valence-electron chi connectivity index (χ0n) is 11.2. The van der Waals surface area contributed by atoms with Gasteiger partial charge in [0.25, 0.3) is 5.56 Å². The summed E-state index contributed by atoms with van der Waals surface area (Å²) in [7, 11) is 0. The predicted octanol–water partition coefficient (Wildman–Crippen LogP) is 2.79. The highest BCUT2D eigenvalue weighted by Gasteiger charge is 2.13. The Kier molecular flexibility index (Phi) is 5.19. The van der Waals surface area contributed by atoms with E-state index in [1.54, 1.807) is 10.8 Å². The van der Waals surface area contributed by atoms with E-state index < -0.39 is 5.97 Å². The maximum Gasteiger partial charge on any atom is 0.313 e. The van der Waals surface area contributed by atoms with Crippen molar-refractivity contribution in [3.63, 3.8) is 0 Å². The molecule has 1 heterocycles. The fraction of sp³-hybridized carbons (Fsp3) is 0.214. The molecule has 1 N–H and O–H groups in total. The van der Waals surface area contributed by atoms with E-state index in [-0.39, 0.29) is 17.4 Å². The number of carboxylic acids is 1. The van der Waals surface area contributed by atoms with Crippen LogP contribution < -0.4 is 5.56 Å². The monoisotopic (exact) mass is 368 g/mol.